The zero-order valence-corrected chi connectivity index (χ0v) is 12.7. The van der Waals surface area contributed by atoms with Gasteiger partial charge < -0.3 is 4.57 Å². The number of fused-ring (bicyclic) bond motifs is 1. The molecule has 0 bridgehead atoms. The largest absolute Gasteiger partial charge is 0.315 e. The lowest BCUT2D eigenvalue weighted by Gasteiger charge is -2.26. The first-order valence-corrected chi connectivity index (χ1v) is 8.23. The lowest BCUT2D eigenvalue weighted by molar-refractivity contribution is 0.212. The van der Waals surface area contributed by atoms with Crippen LogP contribution in [0.3, 0.4) is 0 Å². The number of nitrogens with zero attached hydrogens (tertiary/aromatic N) is 4. The molecule has 0 atom stereocenters. The molecule has 0 saturated carbocycles. The second-order valence-electron chi connectivity index (χ2n) is 5.42. The molecule has 0 aliphatic carbocycles. The van der Waals surface area contributed by atoms with Gasteiger partial charge in [-0.05, 0) is 25.1 Å². The molecule has 1 aromatic rings. The Bertz CT molecular complexity index is 353. The van der Waals surface area contributed by atoms with E-state index in [0.29, 0.717) is 0 Å². The van der Waals surface area contributed by atoms with Crippen LogP contribution in [-0.4, -0.2) is 38.5 Å². The van der Waals surface area contributed by atoms with Crippen LogP contribution in [0.25, 0.3) is 0 Å². The van der Waals surface area contributed by atoms with E-state index < -0.39 is 0 Å². The van der Waals surface area contributed by atoms with Crippen molar-refractivity contribution in [2.45, 2.75) is 58.0 Å². The predicted molar refractivity (Wildman–Crippen MR) is 81.5 cm³/mol. The molecule has 0 spiro atoms. The van der Waals surface area contributed by atoms with Crippen molar-refractivity contribution in [3.8, 4) is 0 Å². The summed E-state index contributed by atoms with van der Waals surface area (Å²) in [4.78, 5) is 2.50. The van der Waals surface area contributed by atoms with Crippen LogP contribution in [0.1, 0.15) is 50.8 Å². The summed E-state index contributed by atoms with van der Waals surface area (Å²) >= 11 is 4.24. The van der Waals surface area contributed by atoms with E-state index in [-0.39, 0.29) is 0 Å². The zero-order valence-electron chi connectivity index (χ0n) is 11.8. The number of hydrogen-bond acceptors (Lipinski definition) is 4. The SMILES string of the molecule is SCCCCCCCCCN1CCn2cnnc2C1. The van der Waals surface area contributed by atoms with E-state index in [1.807, 2.05) is 6.33 Å². The summed E-state index contributed by atoms with van der Waals surface area (Å²) < 4.78 is 2.16. The first kappa shape index (κ1) is 14.9. The molecule has 0 radical (unpaired) electrons. The topological polar surface area (TPSA) is 34.0 Å². The summed E-state index contributed by atoms with van der Waals surface area (Å²) in [6.45, 7) is 4.38. The van der Waals surface area contributed by atoms with Crippen LogP contribution in [0.15, 0.2) is 6.33 Å². The number of unbranched alkanes of at least 4 members (excludes halogenated alkanes) is 6. The quantitative estimate of drug-likeness (QED) is 0.558. The summed E-state index contributed by atoms with van der Waals surface area (Å²) in [6.07, 6.45) is 11.3. The molecule has 19 heavy (non-hydrogen) atoms. The maximum atomic E-state index is 4.24. The second-order valence-corrected chi connectivity index (χ2v) is 5.86. The minimum Gasteiger partial charge on any atom is -0.315 e. The fraction of sp³-hybridized carbons (Fsp3) is 0.857. The van der Waals surface area contributed by atoms with Crippen LogP contribution < -0.4 is 0 Å². The van der Waals surface area contributed by atoms with Crippen LogP contribution in [0, 0.1) is 0 Å². The van der Waals surface area contributed by atoms with Crippen molar-refractivity contribution in [1.29, 1.82) is 0 Å². The Hall–Kier alpha value is -0.550. The number of hydrogen-bond donors (Lipinski definition) is 1. The van der Waals surface area contributed by atoms with Crippen LogP contribution in [0.2, 0.25) is 0 Å². The lowest BCUT2D eigenvalue weighted by Crippen LogP contribution is -2.34. The molecule has 1 aromatic heterocycles. The summed E-state index contributed by atoms with van der Waals surface area (Å²) in [5, 5.41) is 8.12. The highest BCUT2D eigenvalue weighted by atomic mass is 32.1. The van der Waals surface area contributed by atoms with Crippen molar-refractivity contribution in [2.75, 3.05) is 18.8 Å². The molecule has 4 nitrogen and oxygen atoms in total. The smallest absolute Gasteiger partial charge is 0.147 e. The van der Waals surface area contributed by atoms with Crippen LogP contribution in [0.4, 0.5) is 0 Å². The fourth-order valence-corrected chi connectivity index (χ4v) is 2.86. The Labute approximate surface area is 122 Å². The molecule has 0 aromatic carbocycles. The van der Waals surface area contributed by atoms with E-state index in [9.17, 15) is 0 Å². The normalized spacial score (nSPS) is 15.6. The monoisotopic (exact) mass is 282 g/mol. The molecular weight excluding hydrogens is 256 g/mol. The van der Waals surface area contributed by atoms with Crippen LogP contribution in [-0.2, 0) is 13.1 Å². The Morgan fingerprint density at radius 2 is 1.74 bits per heavy atom. The van der Waals surface area contributed by atoms with Gasteiger partial charge in [-0.15, -0.1) is 10.2 Å². The molecule has 0 fully saturated rings. The van der Waals surface area contributed by atoms with Gasteiger partial charge in [0.25, 0.3) is 0 Å². The van der Waals surface area contributed by atoms with Crippen molar-refractivity contribution in [3.63, 3.8) is 0 Å². The maximum Gasteiger partial charge on any atom is 0.147 e. The third-order valence-corrected chi connectivity index (χ3v) is 4.17. The third-order valence-electron chi connectivity index (χ3n) is 3.85. The molecule has 2 heterocycles. The van der Waals surface area contributed by atoms with Crippen molar-refractivity contribution in [3.05, 3.63) is 12.2 Å². The second kappa shape index (κ2) is 8.59. The average molecular weight is 282 g/mol. The fourth-order valence-electron chi connectivity index (χ4n) is 2.64. The Morgan fingerprint density at radius 1 is 1.00 bits per heavy atom. The Kier molecular flexibility index (Phi) is 6.71. The van der Waals surface area contributed by atoms with Crippen molar-refractivity contribution < 1.29 is 0 Å². The minimum atomic E-state index is 0.974. The van der Waals surface area contributed by atoms with Gasteiger partial charge in [0.15, 0.2) is 0 Å². The van der Waals surface area contributed by atoms with Crippen molar-refractivity contribution in [1.82, 2.24) is 19.7 Å². The highest BCUT2D eigenvalue weighted by molar-refractivity contribution is 7.80. The van der Waals surface area contributed by atoms with Crippen LogP contribution in [0.5, 0.6) is 0 Å². The molecule has 1 aliphatic rings. The first-order valence-electron chi connectivity index (χ1n) is 7.60. The molecular formula is C14H26N4S. The number of rotatable bonds is 9. The van der Waals surface area contributed by atoms with Crippen molar-refractivity contribution in [2.24, 2.45) is 0 Å². The minimum absolute atomic E-state index is 0.974. The van der Waals surface area contributed by atoms with Gasteiger partial charge in [-0.2, -0.15) is 12.6 Å². The van der Waals surface area contributed by atoms with E-state index in [1.54, 1.807) is 0 Å². The van der Waals surface area contributed by atoms with E-state index in [1.165, 1.54) is 51.5 Å². The Morgan fingerprint density at radius 3 is 2.53 bits per heavy atom. The first-order chi connectivity index (χ1) is 9.40. The van der Waals surface area contributed by atoms with E-state index in [2.05, 4.69) is 32.3 Å². The van der Waals surface area contributed by atoms with Gasteiger partial charge >= 0.3 is 0 Å². The van der Waals surface area contributed by atoms with Gasteiger partial charge in [-0.25, -0.2) is 0 Å². The summed E-state index contributed by atoms with van der Waals surface area (Å²) in [6, 6.07) is 0. The molecule has 0 unspecified atom stereocenters. The van der Waals surface area contributed by atoms with Gasteiger partial charge in [-0.1, -0.05) is 32.1 Å². The van der Waals surface area contributed by atoms with E-state index >= 15 is 0 Å². The molecule has 1 aliphatic heterocycles. The standard InChI is InChI=1S/C14H26N4S/c19-11-7-5-3-1-2-4-6-8-17-9-10-18-13-15-16-14(18)12-17/h13,19H,1-12H2. The maximum absolute atomic E-state index is 4.24. The van der Waals surface area contributed by atoms with Gasteiger partial charge in [0.2, 0.25) is 0 Å². The summed E-state index contributed by atoms with van der Waals surface area (Å²) in [7, 11) is 0. The Balaban J connectivity index is 1.48. The van der Waals surface area contributed by atoms with Gasteiger partial charge in [0, 0.05) is 13.1 Å². The zero-order chi connectivity index (χ0) is 13.3. The van der Waals surface area contributed by atoms with Gasteiger partial charge in [-0.3, -0.25) is 4.90 Å². The molecule has 0 saturated heterocycles. The summed E-state index contributed by atoms with van der Waals surface area (Å²) in [5.41, 5.74) is 0. The number of aromatic nitrogens is 3. The summed E-state index contributed by atoms with van der Waals surface area (Å²) in [5.74, 6) is 2.16. The highest BCUT2D eigenvalue weighted by Crippen LogP contribution is 2.12. The molecule has 5 heteroatoms. The molecule has 0 N–H and O–H groups in total. The number of thiol groups is 1. The molecule has 2 rings (SSSR count). The molecule has 0 amide bonds. The molecule has 108 valence electrons. The van der Waals surface area contributed by atoms with E-state index in [4.69, 9.17) is 0 Å². The predicted octanol–water partition coefficient (Wildman–Crippen LogP) is 2.75. The van der Waals surface area contributed by atoms with Gasteiger partial charge in [0.1, 0.15) is 12.2 Å². The third kappa shape index (κ3) is 5.15. The average Bonchev–Trinajstić information content (AvgIpc) is 2.89. The lowest BCUT2D eigenvalue weighted by atomic mass is 10.1. The van der Waals surface area contributed by atoms with Crippen molar-refractivity contribution >= 4 is 12.6 Å². The van der Waals surface area contributed by atoms with Gasteiger partial charge in [0.05, 0.1) is 6.54 Å². The van der Waals surface area contributed by atoms with Crippen LogP contribution >= 0.6 is 12.6 Å². The van der Waals surface area contributed by atoms with E-state index in [0.717, 1.165) is 31.2 Å². The highest BCUT2D eigenvalue weighted by Gasteiger charge is 2.16.